The Morgan fingerprint density at radius 2 is 2.00 bits per heavy atom. The van der Waals surface area contributed by atoms with Crippen LogP contribution in [0.1, 0.15) is 29.3 Å². The fourth-order valence-corrected chi connectivity index (χ4v) is 3.57. The minimum atomic E-state index is -4.27. The summed E-state index contributed by atoms with van der Waals surface area (Å²) in [6, 6.07) is 5.63. The number of nitrogens with zero attached hydrogens (tertiary/aromatic N) is 2. The van der Waals surface area contributed by atoms with Gasteiger partial charge in [0.25, 0.3) is 0 Å². The lowest BCUT2D eigenvalue weighted by molar-refractivity contribution is -0.137. The monoisotopic (exact) mass is 421 g/mol. The van der Waals surface area contributed by atoms with Gasteiger partial charge in [-0.15, -0.1) is 0 Å². The van der Waals surface area contributed by atoms with Crippen LogP contribution in [0.25, 0.3) is 0 Å². The maximum absolute atomic E-state index is 12.5. The van der Waals surface area contributed by atoms with Crippen LogP contribution in [-0.2, 0) is 19.1 Å². The molecule has 1 aliphatic rings. The van der Waals surface area contributed by atoms with Gasteiger partial charge < -0.3 is 9.88 Å². The lowest BCUT2D eigenvalue weighted by Gasteiger charge is -2.26. The highest BCUT2D eigenvalue weighted by molar-refractivity contribution is 14.1. The van der Waals surface area contributed by atoms with E-state index in [1.54, 1.807) is 12.1 Å². The predicted octanol–water partition coefficient (Wildman–Crippen LogP) is 3.78. The first-order valence-electron chi connectivity index (χ1n) is 7.05. The van der Waals surface area contributed by atoms with Crippen molar-refractivity contribution in [3.8, 4) is 0 Å². The number of benzene rings is 1. The Balaban J connectivity index is 1.67. The van der Waals surface area contributed by atoms with Crippen LogP contribution in [-0.4, -0.2) is 16.1 Å². The average Bonchev–Trinajstić information content (AvgIpc) is 2.87. The molecule has 0 aliphatic carbocycles. The first kappa shape index (κ1) is 15.8. The summed E-state index contributed by atoms with van der Waals surface area (Å²) in [5, 5.41) is 3.46. The Morgan fingerprint density at radius 3 is 2.68 bits per heavy atom. The van der Waals surface area contributed by atoms with Crippen molar-refractivity contribution in [1.29, 1.82) is 0 Å². The number of alkyl halides is 3. The van der Waals surface area contributed by atoms with Gasteiger partial charge >= 0.3 is 6.18 Å². The highest BCUT2D eigenvalue weighted by atomic mass is 127. The molecule has 0 radical (unpaired) electrons. The summed E-state index contributed by atoms with van der Waals surface area (Å²) in [4.78, 5) is 4.33. The molecule has 22 heavy (non-hydrogen) atoms. The molecule has 1 aromatic carbocycles. The third kappa shape index (κ3) is 3.29. The maximum Gasteiger partial charge on any atom is 0.416 e. The Hall–Kier alpha value is -1.09. The van der Waals surface area contributed by atoms with Crippen LogP contribution >= 0.6 is 22.6 Å². The number of imidazole rings is 1. The average molecular weight is 421 g/mol. The van der Waals surface area contributed by atoms with E-state index in [1.807, 2.05) is 6.33 Å². The van der Waals surface area contributed by atoms with Gasteiger partial charge in [0, 0.05) is 13.1 Å². The number of hydrogen-bond donors (Lipinski definition) is 1. The summed E-state index contributed by atoms with van der Waals surface area (Å²) in [5.74, 6) is 0. The van der Waals surface area contributed by atoms with Crippen molar-refractivity contribution in [2.24, 2.45) is 0 Å². The first-order chi connectivity index (χ1) is 10.4. The van der Waals surface area contributed by atoms with E-state index >= 15 is 0 Å². The third-order valence-corrected chi connectivity index (χ3v) is 4.74. The molecular formula is C15H15F3IN3. The number of aryl methyl sites for hydroxylation is 1. The molecule has 1 unspecified atom stereocenters. The molecule has 0 saturated heterocycles. The first-order valence-corrected chi connectivity index (χ1v) is 8.13. The number of aromatic nitrogens is 2. The molecule has 3 nitrogen and oxygen atoms in total. The van der Waals surface area contributed by atoms with Crippen molar-refractivity contribution in [1.82, 2.24) is 14.9 Å². The van der Waals surface area contributed by atoms with Gasteiger partial charge in [-0.25, -0.2) is 4.98 Å². The zero-order chi connectivity index (χ0) is 15.7. The van der Waals surface area contributed by atoms with Gasteiger partial charge in [-0.3, -0.25) is 0 Å². The lowest BCUT2D eigenvalue weighted by Crippen LogP contribution is -2.33. The summed E-state index contributed by atoms with van der Waals surface area (Å²) in [7, 11) is 0. The SMILES string of the molecule is FC(F)(F)c1ccc(CCC2NCCn3cnc(I)c32)cc1. The fourth-order valence-electron chi connectivity index (χ4n) is 2.76. The van der Waals surface area contributed by atoms with E-state index in [0.717, 1.165) is 47.3 Å². The van der Waals surface area contributed by atoms with E-state index in [0.29, 0.717) is 0 Å². The number of fused-ring (bicyclic) bond motifs is 1. The van der Waals surface area contributed by atoms with E-state index < -0.39 is 11.7 Å². The summed E-state index contributed by atoms with van der Waals surface area (Å²) in [6.45, 7) is 1.79. The van der Waals surface area contributed by atoms with Crippen molar-refractivity contribution in [3.63, 3.8) is 0 Å². The molecular weight excluding hydrogens is 406 g/mol. The zero-order valence-corrected chi connectivity index (χ0v) is 13.9. The van der Waals surface area contributed by atoms with Gasteiger partial charge in [-0.1, -0.05) is 12.1 Å². The minimum absolute atomic E-state index is 0.199. The van der Waals surface area contributed by atoms with Gasteiger partial charge in [-0.05, 0) is 53.1 Å². The van der Waals surface area contributed by atoms with Crippen LogP contribution in [0.15, 0.2) is 30.6 Å². The van der Waals surface area contributed by atoms with E-state index in [2.05, 4.69) is 37.5 Å². The van der Waals surface area contributed by atoms with Gasteiger partial charge in [0.05, 0.1) is 23.6 Å². The number of hydrogen-bond acceptors (Lipinski definition) is 2. The molecule has 0 fully saturated rings. The second-order valence-corrected chi connectivity index (χ2v) is 6.38. The second kappa shape index (κ2) is 6.19. The number of rotatable bonds is 3. The van der Waals surface area contributed by atoms with Crippen molar-refractivity contribution >= 4 is 22.6 Å². The number of halogens is 4. The van der Waals surface area contributed by atoms with Crippen LogP contribution in [0.3, 0.4) is 0 Å². The maximum atomic E-state index is 12.5. The van der Waals surface area contributed by atoms with Crippen molar-refractivity contribution < 1.29 is 13.2 Å². The predicted molar refractivity (Wildman–Crippen MR) is 85.5 cm³/mol. The highest BCUT2D eigenvalue weighted by Gasteiger charge is 2.30. The quantitative estimate of drug-likeness (QED) is 0.765. The second-order valence-electron chi connectivity index (χ2n) is 5.35. The zero-order valence-electron chi connectivity index (χ0n) is 11.7. The molecule has 0 saturated carbocycles. The molecule has 0 spiro atoms. The minimum Gasteiger partial charge on any atom is -0.331 e. The molecule has 1 aliphatic heterocycles. The Morgan fingerprint density at radius 1 is 1.27 bits per heavy atom. The standard InChI is InChI=1S/C15H15F3IN3/c16-15(17,18)11-4-1-10(2-5-11)3-6-12-13-14(19)21-9-22(13)8-7-20-12/h1-2,4-5,9,12,20H,3,6-8H2. The number of nitrogens with one attached hydrogen (secondary N) is 1. The Labute approximate surface area is 140 Å². The molecule has 2 aromatic rings. The van der Waals surface area contributed by atoms with Gasteiger partial charge in [-0.2, -0.15) is 13.2 Å². The molecule has 3 rings (SSSR count). The molecule has 118 valence electrons. The molecule has 1 aromatic heterocycles. The summed E-state index contributed by atoms with van der Waals surface area (Å²) in [5.41, 5.74) is 1.50. The summed E-state index contributed by atoms with van der Waals surface area (Å²) < 4.78 is 40.8. The van der Waals surface area contributed by atoms with Gasteiger partial charge in [0.15, 0.2) is 0 Å². The molecule has 1 atom stereocenters. The largest absolute Gasteiger partial charge is 0.416 e. The van der Waals surface area contributed by atoms with E-state index in [9.17, 15) is 13.2 Å². The van der Waals surface area contributed by atoms with Crippen LogP contribution in [0, 0.1) is 3.70 Å². The van der Waals surface area contributed by atoms with Gasteiger partial charge in [0.2, 0.25) is 0 Å². The van der Waals surface area contributed by atoms with E-state index in [1.165, 1.54) is 5.69 Å². The van der Waals surface area contributed by atoms with E-state index in [4.69, 9.17) is 0 Å². The molecule has 1 N–H and O–H groups in total. The Kier molecular flexibility index (Phi) is 4.44. The smallest absolute Gasteiger partial charge is 0.331 e. The molecule has 0 amide bonds. The molecule has 2 heterocycles. The topological polar surface area (TPSA) is 29.9 Å². The summed E-state index contributed by atoms with van der Waals surface area (Å²) in [6.07, 6.45) is -0.848. The third-order valence-electron chi connectivity index (χ3n) is 3.91. The fraction of sp³-hybridized carbons (Fsp3) is 0.400. The van der Waals surface area contributed by atoms with E-state index in [-0.39, 0.29) is 6.04 Å². The van der Waals surface area contributed by atoms with Crippen LogP contribution < -0.4 is 5.32 Å². The van der Waals surface area contributed by atoms with Gasteiger partial charge in [0.1, 0.15) is 3.70 Å². The van der Waals surface area contributed by atoms with Crippen LogP contribution in [0.4, 0.5) is 13.2 Å². The molecule has 7 heteroatoms. The van der Waals surface area contributed by atoms with Crippen LogP contribution in [0.5, 0.6) is 0 Å². The highest BCUT2D eigenvalue weighted by Crippen LogP contribution is 2.30. The van der Waals surface area contributed by atoms with Crippen LogP contribution in [0.2, 0.25) is 0 Å². The van der Waals surface area contributed by atoms with Crippen molar-refractivity contribution in [2.75, 3.05) is 6.54 Å². The van der Waals surface area contributed by atoms with Crippen molar-refractivity contribution in [3.05, 3.63) is 51.1 Å². The molecule has 0 bridgehead atoms. The Bertz CT molecular complexity index is 649. The lowest BCUT2D eigenvalue weighted by atomic mass is 10.0. The normalized spacial score (nSPS) is 18.3. The summed E-state index contributed by atoms with van der Waals surface area (Å²) >= 11 is 2.22. The van der Waals surface area contributed by atoms with Crippen molar-refractivity contribution in [2.45, 2.75) is 31.6 Å².